The third-order valence-electron chi connectivity index (χ3n) is 3.82. The Bertz CT molecular complexity index is 703. The molecule has 0 amide bonds. The van der Waals surface area contributed by atoms with Crippen molar-refractivity contribution in [3.63, 3.8) is 0 Å². The molecule has 2 aromatic rings. The minimum Gasteiger partial charge on any atom is -0.494 e. The number of hydrogen-bond acceptors (Lipinski definition) is 3. The molecule has 1 atom stereocenters. The maximum atomic E-state index is 9.33. The molecule has 0 heterocycles. The third-order valence-corrected chi connectivity index (χ3v) is 3.82. The van der Waals surface area contributed by atoms with E-state index in [9.17, 15) is 5.26 Å². The summed E-state index contributed by atoms with van der Waals surface area (Å²) in [5.74, 6) is 1.10. The first-order valence-corrected chi connectivity index (χ1v) is 7.76. The van der Waals surface area contributed by atoms with Gasteiger partial charge in [0.15, 0.2) is 0 Å². The maximum absolute atomic E-state index is 9.33. The fourth-order valence-corrected chi connectivity index (χ4v) is 2.34. The Morgan fingerprint density at radius 1 is 0.913 bits per heavy atom. The molecule has 0 aliphatic heterocycles. The van der Waals surface area contributed by atoms with E-state index in [1.165, 1.54) is 5.56 Å². The molecular formula is C20H20N2O. The standard InChI is InChI=1S/C20H20N2O/c1-15(2)17-7-9-20(10-8-17)23-12-11-19(14-22)18-5-3-16(13-21)4-6-18/h3-10,15,19H,11-12H2,1-2H3. The zero-order valence-corrected chi connectivity index (χ0v) is 13.5. The molecule has 0 radical (unpaired) electrons. The second-order valence-corrected chi connectivity index (χ2v) is 5.78. The molecule has 0 saturated carbocycles. The van der Waals surface area contributed by atoms with Gasteiger partial charge in [-0.15, -0.1) is 0 Å². The van der Waals surface area contributed by atoms with Crippen LogP contribution in [0.5, 0.6) is 5.75 Å². The third kappa shape index (κ3) is 4.59. The van der Waals surface area contributed by atoms with Crippen LogP contribution in [0, 0.1) is 22.7 Å². The van der Waals surface area contributed by atoms with Crippen molar-refractivity contribution in [1.29, 1.82) is 10.5 Å². The molecule has 0 fully saturated rings. The summed E-state index contributed by atoms with van der Waals surface area (Å²) in [6.07, 6.45) is 0.619. The SMILES string of the molecule is CC(C)c1ccc(OCCC(C#N)c2ccc(C#N)cc2)cc1. The van der Waals surface area contributed by atoms with Gasteiger partial charge in [0.2, 0.25) is 0 Å². The molecule has 0 aromatic heterocycles. The Balaban J connectivity index is 1.90. The summed E-state index contributed by atoms with van der Waals surface area (Å²) in [6.45, 7) is 4.80. The van der Waals surface area contributed by atoms with Crippen molar-refractivity contribution >= 4 is 0 Å². The zero-order valence-electron chi connectivity index (χ0n) is 13.5. The molecule has 0 N–H and O–H groups in total. The lowest BCUT2D eigenvalue weighted by Crippen LogP contribution is -2.04. The summed E-state index contributed by atoms with van der Waals surface area (Å²) in [6, 6.07) is 19.6. The van der Waals surface area contributed by atoms with Gasteiger partial charge >= 0.3 is 0 Å². The number of hydrogen-bond donors (Lipinski definition) is 0. The zero-order chi connectivity index (χ0) is 16.7. The molecule has 2 aromatic carbocycles. The van der Waals surface area contributed by atoms with Gasteiger partial charge in [-0.2, -0.15) is 10.5 Å². The van der Waals surface area contributed by atoms with E-state index in [0.717, 1.165) is 11.3 Å². The van der Waals surface area contributed by atoms with Gasteiger partial charge in [0, 0.05) is 6.42 Å². The quantitative estimate of drug-likeness (QED) is 0.773. The molecule has 0 spiro atoms. The fourth-order valence-electron chi connectivity index (χ4n) is 2.34. The molecule has 0 aliphatic carbocycles. The second-order valence-electron chi connectivity index (χ2n) is 5.78. The highest BCUT2D eigenvalue weighted by Gasteiger charge is 2.11. The van der Waals surface area contributed by atoms with E-state index in [2.05, 4.69) is 38.1 Å². The van der Waals surface area contributed by atoms with Gasteiger partial charge in [-0.25, -0.2) is 0 Å². The van der Waals surface area contributed by atoms with Crippen LogP contribution in [0.4, 0.5) is 0 Å². The van der Waals surface area contributed by atoms with Crippen molar-refractivity contribution in [2.75, 3.05) is 6.61 Å². The van der Waals surface area contributed by atoms with Crippen molar-refractivity contribution in [3.05, 3.63) is 65.2 Å². The van der Waals surface area contributed by atoms with Gasteiger partial charge in [0.05, 0.1) is 30.2 Å². The fraction of sp³-hybridized carbons (Fsp3) is 0.300. The molecule has 3 nitrogen and oxygen atoms in total. The molecule has 0 aliphatic rings. The van der Waals surface area contributed by atoms with Gasteiger partial charge in [-0.1, -0.05) is 38.1 Å². The molecule has 2 rings (SSSR count). The Kier molecular flexibility index (Phi) is 5.78. The van der Waals surface area contributed by atoms with Crippen LogP contribution in [0.2, 0.25) is 0 Å². The number of benzene rings is 2. The molecular weight excluding hydrogens is 284 g/mol. The van der Waals surface area contributed by atoms with Gasteiger partial charge in [-0.05, 0) is 41.3 Å². The van der Waals surface area contributed by atoms with Crippen molar-refractivity contribution in [3.8, 4) is 17.9 Å². The van der Waals surface area contributed by atoms with Crippen LogP contribution in [-0.2, 0) is 0 Å². The van der Waals surface area contributed by atoms with Crippen molar-refractivity contribution in [2.24, 2.45) is 0 Å². The van der Waals surface area contributed by atoms with Gasteiger partial charge in [0.25, 0.3) is 0 Å². The normalized spacial score (nSPS) is 11.5. The largest absolute Gasteiger partial charge is 0.494 e. The van der Waals surface area contributed by atoms with Crippen molar-refractivity contribution < 1.29 is 4.74 Å². The van der Waals surface area contributed by atoms with E-state index in [-0.39, 0.29) is 5.92 Å². The molecule has 0 saturated heterocycles. The average Bonchev–Trinajstić information content (AvgIpc) is 2.59. The lowest BCUT2D eigenvalue weighted by Gasteiger charge is -2.12. The minimum atomic E-state index is -0.224. The monoisotopic (exact) mass is 304 g/mol. The second kappa shape index (κ2) is 8.01. The van der Waals surface area contributed by atoms with E-state index in [4.69, 9.17) is 10.00 Å². The number of rotatable bonds is 6. The first kappa shape index (κ1) is 16.6. The Hall–Kier alpha value is -2.78. The highest BCUT2D eigenvalue weighted by Crippen LogP contribution is 2.22. The van der Waals surface area contributed by atoms with Crippen molar-refractivity contribution in [2.45, 2.75) is 32.1 Å². The summed E-state index contributed by atoms with van der Waals surface area (Å²) in [4.78, 5) is 0. The van der Waals surface area contributed by atoms with Crippen LogP contribution in [-0.4, -0.2) is 6.61 Å². The average molecular weight is 304 g/mol. The van der Waals surface area contributed by atoms with Crippen molar-refractivity contribution in [1.82, 2.24) is 0 Å². The van der Waals surface area contributed by atoms with E-state index in [1.54, 1.807) is 12.1 Å². The lowest BCUT2D eigenvalue weighted by atomic mass is 9.97. The topological polar surface area (TPSA) is 56.8 Å². The first-order valence-electron chi connectivity index (χ1n) is 7.76. The highest BCUT2D eigenvalue weighted by molar-refractivity contribution is 5.35. The molecule has 0 bridgehead atoms. The molecule has 23 heavy (non-hydrogen) atoms. The number of nitriles is 2. The maximum Gasteiger partial charge on any atom is 0.119 e. The van der Waals surface area contributed by atoms with Gasteiger partial charge in [-0.3, -0.25) is 0 Å². The molecule has 3 heteroatoms. The van der Waals surface area contributed by atoms with E-state index >= 15 is 0 Å². The van der Waals surface area contributed by atoms with Crippen LogP contribution in [0.1, 0.15) is 48.8 Å². The lowest BCUT2D eigenvalue weighted by molar-refractivity contribution is 0.306. The molecule has 1 unspecified atom stereocenters. The van der Waals surface area contributed by atoms with E-state index in [0.29, 0.717) is 24.5 Å². The Morgan fingerprint density at radius 2 is 1.52 bits per heavy atom. The predicted molar refractivity (Wildman–Crippen MR) is 90.2 cm³/mol. The van der Waals surface area contributed by atoms with Crippen LogP contribution in [0.3, 0.4) is 0 Å². The predicted octanol–water partition coefficient (Wildman–Crippen LogP) is 4.76. The van der Waals surface area contributed by atoms with Crippen LogP contribution < -0.4 is 4.74 Å². The van der Waals surface area contributed by atoms with E-state index < -0.39 is 0 Å². The summed E-state index contributed by atoms with van der Waals surface area (Å²) in [5.41, 5.74) is 2.81. The summed E-state index contributed by atoms with van der Waals surface area (Å²) in [7, 11) is 0. The first-order chi connectivity index (χ1) is 11.1. The van der Waals surface area contributed by atoms with E-state index in [1.807, 2.05) is 24.3 Å². The molecule has 116 valence electrons. The summed E-state index contributed by atoms with van der Waals surface area (Å²) >= 11 is 0. The van der Waals surface area contributed by atoms with Crippen LogP contribution in [0.15, 0.2) is 48.5 Å². The summed E-state index contributed by atoms with van der Waals surface area (Å²) < 4.78 is 5.74. The van der Waals surface area contributed by atoms with Gasteiger partial charge < -0.3 is 4.74 Å². The smallest absolute Gasteiger partial charge is 0.119 e. The Morgan fingerprint density at radius 3 is 2.04 bits per heavy atom. The number of nitrogens with zero attached hydrogens (tertiary/aromatic N) is 2. The summed E-state index contributed by atoms with van der Waals surface area (Å²) in [5, 5.41) is 18.1. The van der Waals surface area contributed by atoms with Crippen LogP contribution >= 0.6 is 0 Å². The van der Waals surface area contributed by atoms with Crippen LogP contribution in [0.25, 0.3) is 0 Å². The van der Waals surface area contributed by atoms with Gasteiger partial charge in [0.1, 0.15) is 5.75 Å². The minimum absolute atomic E-state index is 0.224. The number of ether oxygens (including phenoxy) is 1. The Labute approximate surface area is 137 Å². The highest BCUT2D eigenvalue weighted by atomic mass is 16.5.